The Bertz CT molecular complexity index is 416. The van der Waals surface area contributed by atoms with Crippen molar-refractivity contribution >= 4 is 23.5 Å². The van der Waals surface area contributed by atoms with Gasteiger partial charge in [-0.05, 0) is 41.6 Å². The Morgan fingerprint density at radius 1 is 1.33 bits per heavy atom. The highest BCUT2D eigenvalue weighted by Crippen LogP contribution is 2.22. The molecule has 0 fully saturated rings. The van der Waals surface area contributed by atoms with Gasteiger partial charge in [-0.15, -0.1) is 0 Å². The summed E-state index contributed by atoms with van der Waals surface area (Å²) in [4.78, 5) is 0. The number of benzene rings is 1. The number of hydrogen-bond donors (Lipinski definition) is 2. The zero-order chi connectivity index (χ0) is 13.6. The van der Waals surface area contributed by atoms with Gasteiger partial charge in [-0.25, -0.2) is 0 Å². The number of hydrogen-bond acceptors (Lipinski definition) is 2. The Kier molecular flexibility index (Phi) is 5.28. The number of thiocarbonyl (C=S) groups is 1. The molecule has 3 N–H and O–H groups in total. The molecule has 0 unspecified atom stereocenters. The highest BCUT2D eigenvalue weighted by Gasteiger charge is 2.12. The van der Waals surface area contributed by atoms with Gasteiger partial charge in [-0.3, -0.25) is 5.43 Å². The molecule has 3 nitrogen and oxygen atoms in total. The molecule has 0 heterocycles. The van der Waals surface area contributed by atoms with Crippen molar-refractivity contribution in [3.63, 3.8) is 0 Å². The van der Waals surface area contributed by atoms with Crippen molar-refractivity contribution in [3.05, 3.63) is 35.4 Å². The highest BCUT2D eigenvalue weighted by molar-refractivity contribution is 7.80. The average Bonchev–Trinajstić information content (AvgIpc) is 2.27. The molecular weight excluding hydrogens is 242 g/mol. The van der Waals surface area contributed by atoms with E-state index in [9.17, 15) is 0 Å². The summed E-state index contributed by atoms with van der Waals surface area (Å²) < 4.78 is 0. The number of aryl methyl sites for hydroxylation is 1. The van der Waals surface area contributed by atoms with E-state index in [1.807, 2.05) is 0 Å². The van der Waals surface area contributed by atoms with Crippen LogP contribution in [-0.4, -0.2) is 11.3 Å². The van der Waals surface area contributed by atoms with Crippen molar-refractivity contribution in [1.82, 2.24) is 5.43 Å². The van der Waals surface area contributed by atoms with Crippen LogP contribution in [0.4, 0.5) is 0 Å². The summed E-state index contributed by atoms with van der Waals surface area (Å²) in [5, 5.41) is 4.10. The third-order valence-electron chi connectivity index (χ3n) is 2.65. The molecule has 4 heteroatoms. The fourth-order valence-corrected chi connectivity index (χ4v) is 1.63. The first-order valence-corrected chi connectivity index (χ1v) is 6.47. The second-order valence-electron chi connectivity index (χ2n) is 5.27. The van der Waals surface area contributed by atoms with Gasteiger partial charge in [0.2, 0.25) is 0 Å². The lowest BCUT2D eigenvalue weighted by atomic mass is 9.86. The summed E-state index contributed by atoms with van der Waals surface area (Å²) in [7, 11) is 0. The molecule has 0 saturated heterocycles. The minimum absolute atomic E-state index is 0.195. The topological polar surface area (TPSA) is 50.4 Å². The van der Waals surface area contributed by atoms with Crippen LogP contribution in [0.1, 0.15) is 38.3 Å². The molecular formula is C14H21N3S. The third kappa shape index (κ3) is 5.27. The molecule has 0 saturated carbocycles. The van der Waals surface area contributed by atoms with Crippen LogP contribution in [0.2, 0.25) is 0 Å². The maximum Gasteiger partial charge on any atom is 0.184 e. The average molecular weight is 263 g/mol. The van der Waals surface area contributed by atoms with Gasteiger partial charge in [0.25, 0.3) is 0 Å². The number of nitrogens with one attached hydrogen (secondary N) is 1. The van der Waals surface area contributed by atoms with E-state index >= 15 is 0 Å². The predicted octanol–water partition coefficient (Wildman–Crippen LogP) is 2.74. The predicted molar refractivity (Wildman–Crippen MR) is 81.9 cm³/mol. The number of nitrogens with zero attached hydrogens (tertiary/aromatic N) is 1. The van der Waals surface area contributed by atoms with E-state index in [1.54, 1.807) is 6.21 Å². The summed E-state index contributed by atoms with van der Waals surface area (Å²) in [6.45, 7) is 6.65. The van der Waals surface area contributed by atoms with E-state index in [4.69, 9.17) is 5.73 Å². The lowest BCUT2D eigenvalue weighted by molar-refractivity contribution is 0.590. The molecule has 1 rings (SSSR count). The van der Waals surface area contributed by atoms with E-state index in [2.05, 4.69) is 67.8 Å². The van der Waals surface area contributed by atoms with Crippen LogP contribution in [0.15, 0.2) is 29.4 Å². The Morgan fingerprint density at radius 3 is 2.44 bits per heavy atom. The first-order chi connectivity index (χ1) is 8.39. The van der Waals surface area contributed by atoms with Gasteiger partial charge in [0, 0.05) is 6.21 Å². The van der Waals surface area contributed by atoms with Gasteiger partial charge < -0.3 is 5.73 Å². The standard InChI is InChI=1S/C14H21N3S/c1-14(2,3)12-8-6-11(7-9-12)5-4-10-16-17-13(15)18/h6-10H,4-5H2,1-3H3,(H3,15,17,18). The van der Waals surface area contributed by atoms with Crippen LogP contribution in [-0.2, 0) is 11.8 Å². The SMILES string of the molecule is CC(C)(C)c1ccc(CCC=NNC(N)=S)cc1. The van der Waals surface area contributed by atoms with Crippen molar-refractivity contribution < 1.29 is 0 Å². The van der Waals surface area contributed by atoms with Gasteiger partial charge in [0.05, 0.1) is 0 Å². The van der Waals surface area contributed by atoms with Crippen molar-refractivity contribution in [1.29, 1.82) is 0 Å². The molecule has 0 aliphatic carbocycles. The molecule has 0 spiro atoms. The molecule has 0 atom stereocenters. The van der Waals surface area contributed by atoms with Crippen LogP contribution >= 0.6 is 12.2 Å². The van der Waals surface area contributed by atoms with Crippen molar-refractivity contribution in [2.75, 3.05) is 0 Å². The number of nitrogens with two attached hydrogens (primary N) is 1. The quantitative estimate of drug-likeness (QED) is 0.499. The molecule has 0 bridgehead atoms. The second-order valence-corrected chi connectivity index (χ2v) is 5.71. The van der Waals surface area contributed by atoms with Crippen molar-refractivity contribution in [2.24, 2.45) is 10.8 Å². The van der Waals surface area contributed by atoms with E-state index in [1.165, 1.54) is 11.1 Å². The molecule has 0 amide bonds. The smallest absolute Gasteiger partial charge is 0.184 e. The fraction of sp³-hybridized carbons (Fsp3) is 0.429. The van der Waals surface area contributed by atoms with Crippen LogP contribution in [0.25, 0.3) is 0 Å². The Balaban J connectivity index is 2.45. The Morgan fingerprint density at radius 2 is 1.94 bits per heavy atom. The van der Waals surface area contributed by atoms with Crippen LogP contribution < -0.4 is 11.2 Å². The maximum absolute atomic E-state index is 5.25. The summed E-state index contributed by atoms with van der Waals surface area (Å²) in [6, 6.07) is 8.74. The van der Waals surface area contributed by atoms with Crippen molar-refractivity contribution in [2.45, 2.75) is 39.0 Å². The zero-order valence-corrected chi connectivity index (χ0v) is 12.1. The third-order valence-corrected chi connectivity index (χ3v) is 2.74. The summed E-state index contributed by atoms with van der Waals surface area (Å²) in [5.74, 6) is 0. The molecule has 0 aliphatic rings. The monoisotopic (exact) mass is 263 g/mol. The first-order valence-electron chi connectivity index (χ1n) is 6.06. The first kappa shape index (κ1) is 14.6. The Labute approximate surface area is 114 Å². The second kappa shape index (κ2) is 6.50. The molecule has 0 radical (unpaired) electrons. The van der Waals surface area contributed by atoms with Crippen molar-refractivity contribution in [3.8, 4) is 0 Å². The zero-order valence-electron chi connectivity index (χ0n) is 11.2. The van der Waals surface area contributed by atoms with Crippen LogP contribution in [0.5, 0.6) is 0 Å². The largest absolute Gasteiger partial charge is 0.375 e. The van der Waals surface area contributed by atoms with E-state index < -0.39 is 0 Å². The summed E-state index contributed by atoms with van der Waals surface area (Å²) >= 11 is 4.64. The number of hydrazone groups is 1. The molecule has 98 valence electrons. The van der Waals surface area contributed by atoms with Gasteiger partial charge in [0.15, 0.2) is 5.11 Å². The molecule has 0 aromatic heterocycles. The molecule has 1 aromatic rings. The molecule has 18 heavy (non-hydrogen) atoms. The normalized spacial score (nSPS) is 11.7. The van der Waals surface area contributed by atoms with E-state index in [0.29, 0.717) is 0 Å². The van der Waals surface area contributed by atoms with Gasteiger partial charge in [-0.2, -0.15) is 5.10 Å². The maximum atomic E-state index is 5.25. The van der Waals surface area contributed by atoms with Gasteiger partial charge >= 0.3 is 0 Å². The summed E-state index contributed by atoms with van der Waals surface area (Å²) in [6.07, 6.45) is 3.62. The fourth-order valence-electron chi connectivity index (χ4n) is 1.58. The lowest BCUT2D eigenvalue weighted by Gasteiger charge is -2.19. The highest BCUT2D eigenvalue weighted by atomic mass is 32.1. The van der Waals surface area contributed by atoms with E-state index in [-0.39, 0.29) is 10.5 Å². The van der Waals surface area contributed by atoms with Gasteiger partial charge in [0.1, 0.15) is 0 Å². The van der Waals surface area contributed by atoms with E-state index in [0.717, 1.165) is 12.8 Å². The minimum atomic E-state index is 0.195. The van der Waals surface area contributed by atoms with Gasteiger partial charge in [-0.1, -0.05) is 45.0 Å². The van der Waals surface area contributed by atoms with Crippen LogP contribution in [0, 0.1) is 0 Å². The lowest BCUT2D eigenvalue weighted by Crippen LogP contribution is -2.23. The Hall–Kier alpha value is -1.42. The summed E-state index contributed by atoms with van der Waals surface area (Å²) in [5.41, 5.74) is 10.7. The molecule has 1 aromatic carbocycles. The minimum Gasteiger partial charge on any atom is -0.375 e. The van der Waals surface area contributed by atoms with Crippen LogP contribution in [0.3, 0.4) is 0 Å². The molecule has 0 aliphatic heterocycles. The number of rotatable bonds is 4.